The summed E-state index contributed by atoms with van der Waals surface area (Å²) >= 11 is 0. The van der Waals surface area contributed by atoms with Gasteiger partial charge in [0.1, 0.15) is 18.1 Å². The van der Waals surface area contributed by atoms with Gasteiger partial charge in [0.25, 0.3) is 0 Å². The van der Waals surface area contributed by atoms with Crippen LogP contribution in [0.2, 0.25) is 0 Å². The molecule has 13 heteroatoms. The van der Waals surface area contributed by atoms with Crippen LogP contribution >= 0.6 is 0 Å². The molecule has 4 unspecified atom stereocenters. The van der Waals surface area contributed by atoms with Crippen LogP contribution in [0.3, 0.4) is 0 Å². The number of carbonyl (C=O) groups excluding carboxylic acids is 3. The van der Waals surface area contributed by atoms with E-state index in [1.807, 2.05) is 13.8 Å². The lowest BCUT2D eigenvalue weighted by molar-refractivity contribution is -0.142. The number of nitrogens with one attached hydrogen (secondary N) is 3. The fraction of sp³-hybridized carbons (Fsp3) is 0.783. The van der Waals surface area contributed by atoms with Crippen molar-refractivity contribution >= 4 is 29.7 Å². The molecule has 0 aliphatic rings. The Labute approximate surface area is 212 Å². The minimum absolute atomic E-state index is 0.00343. The number of unbranched alkanes of at least 4 members (excludes halogenated alkanes) is 2. The van der Waals surface area contributed by atoms with E-state index in [1.165, 1.54) is 0 Å². The predicted molar refractivity (Wildman–Crippen MR) is 134 cm³/mol. The van der Waals surface area contributed by atoms with Crippen molar-refractivity contribution in [3.63, 3.8) is 0 Å². The second-order valence-electron chi connectivity index (χ2n) is 9.26. The van der Waals surface area contributed by atoms with Crippen molar-refractivity contribution in [1.82, 2.24) is 16.0 Å². The van der Waals surface area contributed by atoms with Crippen molar-refractivity contribution in [3.8, 4) is 0 Å². The van der Waals surface area contributed by atoms with Gasteiger partial charge in [-0.1, -0.05) is 13.8 Å². The first-order valence-corrected chi connectivity index (χ1v) is 12.4. The van der Waals surface area contributed by atoms with E-state index in [2.05, 4.69) is 16.0 Å². The Morgan fingerprint density at radius 1 is 0.694 bits per heavy atom. The monoisotopic (exact) mass is 516 g/mol. The average molecular weight is 517 g/mol. The standard InChI is InChI=1S/C23H44N6O7/c1-14(2)13-18(22(34)28-17(23(35)36)8-4-6-12-25)29-21(33)16(7-3-5-11-24)27-20(32)15(26)9-10-19(30)31/h14-18H,3-13,24-26H2,1-2H3,(H,27,32)(H,28,34)(H,29,33)(H,30,31)(H,35,36). The number of hydrogen-bond acceptors (Lipinski definition) is 8. The zero-order valence-electron chi connectivity index (χ0n) is 21.3. The Bertz CT molecular complexity index is 719. The number of carboxylic acids is 2. The molecule has 0 spiro atoms. The van der Waals surface area contributed by atoms with Gasteiger partial charge < -0.3 is 43.4 Å². The summed E-state index contributed by atoms with van der Waals surface area (Å²) in [5.74, 6) is -4.22. The van der Waals surface area contributed by atoms with E-state index >= 15 is 0 Å². The minimum Gasteiger partial charge on any atom is -0.481 e. The molecule has 13 nitrogen and oxygen atoms in total. The van der Waals surface area contributed by atoms with Crippen LogP contribution < -0.4 is 33.2 Å². The van der Waals surface area contributed by atoms with Crippen LogP contribution in [0.25, 0.3) is 0 Å². The third-order valence-electron chi connectivity index (χ3n) is 5.49. The van der Waals surface area contributed by atoms with Crippen molar-refractivity contribution in [2.24, 2.45) is 23.1 Å². The highest BCUT2D eigenvalue weighted by Gasteiger charge is 2.30. The van der Waals surface area contributed by atoms with Crippen LogP contribution in [0, 0.1) is 5.92 Å². The molecule has 0 saturated heterocycles. The molecule has 0 aromatic carbocycles. The van der Waals surface area contributed by atoms with Crippen LogP contribution in [0.4, 0.5) is 0 Å². The molecule has 208 valence electrons. The fourth-order valence-corrected chi connectivity index (χ4v) is 3.45. The first-order chi connectivity index (χ1) is 16.9. The van der Waals surface area contributed by atoms with Gasteiger partial charge in [-0.3, -0.25) is 19.2 Å². The number of carbonyl (C=O) groups is 5. The van der Waals surface area contributed by atoms with Gasteiger partial charge >= 0.3 is 11.9 Å². The average Bonchev–Trinajstić information content (AvgIpc) is 2.80. The first-order valence-electron chi connectivity index (χ1n) is 12.4. The molecular weight excluding hydrogens is 472 g/mol. The highest BCUT2D eigenvalue weighted by Crippen LogP contribution is 2.10. The second kappa shape index (κ2) is 18.5. The van der Waals surface area contributed by atoms with Crippen molar-refractivity contribution in [2.75, 3.05) is 13.1 Å². The molecule has 0 bridgehead atoms. The number of aliphatic carboxylic acids is 2. The summed E-state index contributed by atoms with van der Waals surface area (Å²) in [6, 6.07) is -4.29. The van der Waals surface area contributed by atoms with Crippen LogP contribution in [0.1, 0.15) is 71.6 Å². The molecule has 0 rings (SSSR count). The van der Waals surface area contributed by atoms with E-state index in [-0.39, 0.29) is 38.0 Å². The lowest BCUT2D eigenvalue weighted by Gasteiger charge is -2.26. The van der Waals surface area contributed by atoms with Crippen LogP contribution in [0.5, 0.6) is 0 Å². The predicted octanol–water partition coefficient (Wildman–Crippen LogP) is -0.978. The smallest absolute Gasteiger partial charge is 0.326 e. The molecule has 0 fully saturated rings. The highest BCUT2D eigenvalue weighted by molar-refractivity contribution is 5.94. The van der Waals surface area contributed by atoms with Crippen molar-refractivity contribution in [2.45, 2.75) is 95.8 Å². The Morgan fingerprint density at radius 3 is 1.64 bits per heavy atom. The molecule has 0 saturated carbocycles. The summed E-state index contributed by atoms with van der Waals surface area (Å²) in [6.45, 7) is 4.50. The van der Waals surface area contributed by atoms with Crippen molar-refractivity contribution < 1.29 is 34.2 Å². The number of carboxylic acid groups (broad SMARTS) is 2. The SMILES string of the molecule is CC(C)CC(NC(=O)C(CCCCN)NC(=O)C(N)CCC(=O)O)C(=O)NC(CCCCN)C(=O)O. The van der Waals surface area contributed by atoms with Crippen LogP contribution in [0.15, 0.2) is 0 Å². The molecule has 0 heterocycles. The topological polar surface area (TPSA) is 240 Å². The van der Waals surface area contributed by atoms with Gasteiger partial charge in [0.15, 0.2) is 0 Å². The van der Waals surface area contributed by atoms with E-state index in [0.29, 0.717) is 38.8 Å². The summed E-state index contributed by atoms with van der Waals surface area (Å²) in [5.41, 5.74) is 16.7. The molecule has 0 radical (unpaired) electrons. The van der Waals surface area contributed by atoms with Gasteiger partial charge in [-0.2, -0.15) is 0 Å². The number of hydrogen-bond donors (Lipinski definition) is 8. The molecule has 4 atom stereocenters. The zero-order valence-corrected chi connectivity index (χ0v) is 21.3. The molecular formula is C23H44N6O7. The number of rotatable bonds is 20. The lowest BCUT2D eigenvalue weighted by Crippen LogP contribution is -2.57. The van der Waals surface area contributed by atoms with Gasteiger partial charge in [-0.15, -0.1) is 0 Å². The van der Waals surface area contributed by atoms with Gasteiger partial charge in [0.2, 0.25) is 17.7 Å². The largest absolute Gasteiger partial charge is 0.481 e. The highest BCUT2D eigenvalue weighted by atomic mass is 16.4. The van der Waals surface area contributed by atoms with Crippen LogP contribution in [-0.4, -0.2) is 77.1 Å². The normalized spacial score (nSPS) is 14.4. The maximum absolute atomic E-state index is 13.1. The second-order valence-corrected chi connectivity index (χ2v) is 9.26. The number of amides is 3. The summed E-state index contributed by atoms with van der Waals surface area (Å²) in [6.07, 6.45) is 2.53. The van der Waals surface area contributed by atoms with Gasteiger partial charge in [0, 0.05) is 6.42 Å². The minimum atomic E-state index is -1.18. The van der Waals surface area contributed by atoms with Crippen molar-refractivity contribution in [1.29, 1.82) is 0 Å². The Kier molecular flexibility index (Phi) is 17.1. The Hall–Kier alpha value is -2.77. The van der Waals surface area contributed by atoms with Gasteiger partial charge in [-0.05, 0) is 70.4 Å². The molecule has 0 aliphatic carbocycles. The third kappa shape index (κ3) is 14.6. The summed E-state index contributed by atoms with van der Waals surface area (Å²) in [5, 5.41) is 25.9. The lowest BCUT2D eigenvalue weighted by atomic mass is 10.0. The third-order valence-corrected chi connectivity index (χ3v) is 5.49. The quantitative estimate of drug-likeness (QED) is 0.0919. The molecule has 36 heavy (non-hydrogen) atoms. The maximum Gasteiger partial charge on any atom is 0.326 e. The summed E-state index contributed by atoms with van der Waals surface area (Å²) < 4.78 is 0. The van der Waals surface area contributed by atoms with E-state index in [1.54, 1.807) is 0 Å². The van der Waals surface area contributed by atoms with Gasteiger partial charge in [0.05, 0.1) is 6.04 Å². The molecule has 0 aliphatic heterocycles. The van der Waals surface area contributed by atoms with Crippen molar-refractivity contribution in [3.05, 3.63) is 0 Å². The first kappa shape index (κ1) is 33.2. The molecule has 11 N–H and O–H groups in total. The van der Waals surface area contributed by atoms with E-state index in [4.69, 9.17) is 22.3 Å². The van der Waals surface area contributed by atoms with E-state index < -0.39 is 53.8 Å². The fourth-order valence-electron chi connectivity index (χ4n) is 3.45. The van der Waals surface area contributed by atoms with Crippen LogP contribution in [-0.2, 0) is 24.0 Å². The maximum atomic E-state index is 13.1. The summed E-state index contributed by atoms with van der Waals surface area (Å²) in [7, 11) is 0. The zero-order chi connectivity index (χ0) is 27.7. The molecule has 3 amide bonds. The summed E-state index contributed by atoms with van der Waals surface area (Å²) in [4.78, 5) is 60.8. The Balaban J connectivity index is 5.45. The van der Waals surface area contributed by atoms with Gasteiger partial charge in [-0.25, -0.2) is 4.79 Å². The Morgan fingerprint density at radius 2 is 1.17 bits per heavy atom. The van der Waals surface area contributed by atoms with E-state index in [0.717, 1.165) is 0 Å². The molecule has 0 aromatic heterocycles. The number of nitrogens with two attached hydrogens (primary N) is 3. The molecule has 0 aromatic rings. The van der Waals surface area contributed by atoms with E-state index in [9.17, 15) is 29.1 Å².